The van der Waals surface area contributed by atoms with Crippen LogP contribution < -0.4 is 14.5 Å². The van der Waals surface area contributed by atoms with Crippen molar-refractivity contribution in [1.29, 1.82) is 0 Å². The first kappa shape index (κ1) is 15.9. The molecular formula is C20H27N2O+. The molecule has 1 aliphatic heterocycles. The molecule has 2 aromatic rings. The number of nitrogens with one attached hydrogen (secondary N) is 1. The summed E-state index contributed by atoms with van der Waals surface area (Å²) in [5.41, 5.74) is 3.95. The van der Waals surface area contributed by atoms with Crippen LogP contribution in [0.3, 0.4) is 0 Å². The zero-order valence-corrected chi connectivity index (χ0v) is 14.2. The number of hydrogen-bond acceptors (Lipinski definition) is 2. The zero-order valence-electron chi connectivity index (χ0n) is 14.2. The fourth-order valence-electron chi connectivity index (χ4n) is 3.03. The lowest BCUT2D eigenvalue weighted by molar-refractivity contribution is -0.900. The van der Waals surface area contributed by atoms with Gasteiger partial charge in [-0.3, -0.25) is 0 Å². The van der Waals surface area contributed by atoms with Crippen LogP contribution >= 0.6 is 0 Å². The van der Waals surface area contributed by atoms with E-state index < -0.39 is 0 Å². The number of ether oxygens (including phenoxy) is 1. The summed E-state index contributed by atoms with van der Waals surface area (Å²) in [5, 5.41) is 0. The first-order valence-corrected chi connectivity index (χ1v) is 8.55. The molecule has 0 unspecified atom stereocenters. The van der Waals surface area contributed by atoms with Crippen LogP contribution in [-0.2, 0) is 0 Å². The fourth-order valence-corrected chi connectivity index (χ4v) is 3.03. The predicted octanol–water partition coefficient (Wildman–Crippen LogP) is 2.09. The molecule has 3 heteroatoms. The highest BCUT2D eigenvalue weighted by Crippen LogP contribution is 2.14. The van der Waals surface area contributed by atoms with Crippen LogP contribution in [-0.4, -0.2) is 39.3 Å². The molecule has 0 atom stereocenters. The molecule has 0 amide bonds. The van der Waals surface area contributed by atoms with Gasteiger partial charge in [0.05, 0.1) is 26.2 Å². The molecule has 1 heterocycles. The number of aryl methyl sites for hydroxylation is 2. The minimum atomic E-state index is 0.795. The average Bonchev–Trinajstić information content (AvgIpc) is 2.58. The summed E-state index contributed by atoms with van der Waals surface area (Å²) in [6, 6.07) is 17.2. The summed E-state index contributed by atoms with van der Waals surface area (Å²) >= 11 is 0. The SMILES string of the molecule is Cc1ccc(OCC[NH+]2CCN(c3ccc(C)cc3)CC2)cc1. The van der Waals surface area contributed by atoms with Crippen molar-refractivity contribution in [3.63, 3.8) is 0 Å². The van der Waals surface area contributed by atoms with Crippen LogP contribution in [0, 0.1) is 13.8 Å². The third kappa shape index (κ3) is 4.49. The molecule has 2 aromatic carbocycles. The molecule has 0 saturated carbocycles. The molecule has 1 saturated heterocycles. The van der Waals surface area contributed by atoms with Gasteiger partial charge >= 0.3 is 0 Å². The van der Waals surface area contributed by atoms with Gasteiger partial charge in [0.25, 0.3) is 0 Å². The maximum absolute atomic E-state index is 5.85. The second kappa shape index (κ2) is 7.51. The van der Waals surface area contributed by atoms with Crippen molar-refractivity contribution in [3.8, 4) is 5.75 Å². The molecule has 1 N–H and O–H groups in total. The molecular weight excluding hydrogens is 284 g/mol. The highest BCUT2D eigenvalue weighted by atomic mass is 16.5. The van der Waals surface area contributed by atoms with E-state index in [1.54, 1.807) is 4.90 Å². The molecule has 1 fully saturated rings. The average molecular weight is 311 g/mol. The van der Waals surface area contributed by atoms with Crippen LogP contribution in [0.25, 0.3) is 0 Å². The van der Waals surface area contributed by atoms with Gasteiger partial charge in [-0.25, -0.2) is 0 Å². The molecule has 0 bridgehead atoms. The molecule has 0 aromatic heterocycles. The number of benzene rings is 2. The van der Waals surface area contributed by atoms with E-state index in [0.29, 0.717) is 0 Å². The minimum absolute atomic E-state index is 0.795. The smallest absolute Gasteiger partial charge is 0.137 e. The standard InChI is InChI=1S/C20H26N2O/c1-17-3-7-19(8-4-17)22-13-11-21(12-14-22)15-16-23-20-9-5-18(2)6-10-20/h3-10H,11-16H2,1-2H3/p+1. The molecule has 0 aliphatic carbocycles. The van der Waals surface area contributed by atoms with Crippen molar-refractivity contribution >= 4 is 5.69 Å². The van der Waals surface area contributed by atoms with Crippen LogP contribution in [0.2, 0.25) is 0 Å². The van der Waals surface area contributed by atoms with Gasteiger partial charge in [-0.1, -0.05) is 35.4 Å². The second-order valence-corrected chi connectivity index (χ2v) is 6.48. The Morgan fingerprint density at radius 3 is 2.04 bits per heavy atom. The predicted molar refractivity (Wildman–Crippen MR) is 95.6 cm³/mol. The van der Waals surface area contributed by atoms with E-state index in [1.165, 1.54) is 29.9 Å². The summed E-state index contributed by atoms with van der Waals surface area (Å²) in [7, 11) is 0. The highest BCUT2D eigenvalue weighted by Gasteiger charge is 2.19. The Morgan fingerprint density at radius 1 is 0.870 bits per heavy atom. The lowest BCUT2D eigenvalue weighted by Gasteiger charge is -2.33. The van der Waals surface area contributed by atoms with E-state index in [0.717, 1.165) is 32.0 Å². The third-order valence-corrected chi connectivity index (χ3v) is 4.61. The first-order chi connectivity index (χ1) is 11.2. The number of hydrogen-bond donors (Lipinski definition) is 1. The van der Waals surface area contributed by atoms with Gasteiger partial charge in [-0.15, -0.1) is 0 Å². The maximum atomic E-state index is 5.85. The maximum Gasteiger partial charge on any atom is 0.137 e. The molecule has 3 rings (SSSR count). The number of quaternary nitrogens is 1. The van der Waals surface area contributed by atoms with Crippen molar-refractivity contribution in [1.82, 2.24) is 0 Å². The molecule has 122 valence electrons. The van der Waals surface area contributed by atoms with E-state index >= 15 is 0 Å². The minimum Gasteiger partial charge on any atom is -0.488 e. The summed E-state index contributed by atoms with van der Waals surface area (Å²) < 4.78 is 5.85. The number of nitrogens with zero attached hydrogens (tertiary/aromatic N) is 1. The molecule has 1 aliphatic rings. The summed E-state index contributed by atoms with van der Waals surface area (Å²) in [6.45, 7) is 10.7. The quantitative estimate of drug-likeness (QED) is 0.910. The van der Waals surface area contributed by atoms with Crippen LogP contribution in [0.1, 0.15) is 11.1 Å². The van der Waals surface area contributed by atoms with Crippen LogP contribution in [0.4, 0.5) is 5.69 Å². The van der Waals surface area contributed by atoms with Gasteiger partial charge < -0.3 is 14.5 Å². The topological polar surface area (TPSA) is 16.9 Å². The Labute approximate surface area is 139 Å². The van der Waals surface area contributed by atoms with E-state index in [-0.39, 0.29) is 0 Å². The Hall–Kier alpha value is -2.00. The Bertz CT molecular complexity index is 596. The van der Waals surface area contributed by atoms with Crippen molar-refractivity contribution < 1.29 is 9.64 Å². The fraction of sp³-hybridized carbons (Fsp3) is 0.400. The monoisotopic (exact) mass is 311 g/mol. The van der Waals surface area contributed by atoms with Crippen molar-refractivity contribution in [2.45, 2.75) is 13.8 Å². The van der Waals surface area contributed by atoms with Crippen LogP contribution in [0.5, 0.6) is 5.75 Å². The number of piperazine rings is 1. The first-order valence-electron chi connectivity index (χ1n) is 8.55. The Balaban J connectivity index is 1.40. The largest absolute Gasteiger partial charge is 0.488 e. The van der Waals surface area contributed by atoms with Gasteiger partial charge in [0, 0.05) is 5.69 Å². The molecule has 0 radical (unpaired) electrons. The van der Waals surface area contributed by atoms with E-state index in [9.17, 15) is 0 Å². The van der Waals surface area contributed by atoms with Crippen LogP contribution in [0.15, 0.2) is 48.5 Å². The Morgan fingerprint density at radius 2 is 1.43 bits per heavy atom. The zero-order chi connectivity index (χ0) is 16.1. The van der Waals surface area contributed by atoms with Gasteiger partial charge in [-0.05, 0) is 38.1 Å². The van der Waals surface area contributed by atoms with Gasteiger partial charge in [-0.2, -0.15) is 0 Å². The van der Waals surface area contributed by atoms with Gasteiger partial charge in [0.1, 0.15) is 18.9 Å². The summed E-state index contributed by atoms with van der Waals surface area (Å²) in [4.78, 5) is 4.13. The van der Waals surface area contributed by atoms with Gasteiger partial charge in [0.15, 0.2) is 0 Å². The summed E-state index contributed by atoms with van der Waals surface area (Å²) in [5.74, 6) is 0.980. The summed E-state index contributed by atoms with van der Waals surface area (Å²) in [6.07, 6.45) is 0. The molecule has 3 nitrogen and oxygen atoms in total. The molecule has 0 spiro atoms. The second-order valence-electron chi connectivity index (χ2n) is 6.48. The Kier molecular flexibility index (Phi) is 5.19. The van der Waals surface area contributed by atoms with E-state index in [1.807, 2.05) is 0 Å². The van der Waals surface area contributed by atoms with Gasteiger partial charge in [0.2, 0.25) is 0 Å². The third-order valence-electron chi connectivity index (χ3n) is 4.61. The lowest BCUT2D eigenvalue weighted by Crippen LogP contribution is -3.15. The van der Waals surface area contributed by atoms with E-state index in [2.05, 4.69) is 67.3 Å². The van der Waals surface area contributed by atoms with Crippen molar-refractivity contribution in [3.05, 3.63) is 59.7 Å². The number of anilines is 1. The number of rotatable bonds is 5. The van der Waals surface area contributed by atoms with Crippen molar-refractivity contribution in [2.75, 3.05) is 44.2 Å². The highest BCUT2D eigenvalue weighted by molar-refractivity contribution is 5.47. The van der Waals surface area contributed by atoms with Crippen molar-refractivity contribution in [2.24, 2.45) is 0 Å². The molecule has 23 heavy (non-hydrogen) atoms. The lowest BCUT2D eigenvalue weighted by atomic mass is 10.2. The normalized spacial score (nSPS) is 15.7. The van der Waals surface area contributed by atoms with E-state index in [4.69, 9.17) is 4.74 Å².